The molecular weight excluding hydrogens is 300 g/mol. The molecule has 22 heavy (non-hydrogen) atoms. The van der Waals surface area contributed by atoms with Crippen LogP contribution < -0.4 is 10.1 Å². The number of halogens is 1. The molecule has 0 atom stereocenters. The first kappa shape index (κ1) is 18.3. The number of rotatable bonds is 6. The molecule has 0 aromatic heterocycles. The highest BCUT2D eigenvalue weighted by Crippen LogP contribution is 2.22. The van der Waals surface area contributed by atoms with Gasteiger partial charge in [0.15, 0.2) is 0 Å². The van der Waals surface area contributed by atoms with E-state index in [0.29, 0.717) is 19.5 Å². The molecule has 0 unspecified atom stereocenters. The lowest BCUT2D eigenvalue weighted by molar-refractivity contribution is -0.130. The first-order chi connectivity index (χ1) is 10.1. The molecule has 0 radical (unpaired) electrons. The van der Waals surface area contributed by atoms with Crippen LogP contribution in [0.3, 0.4) is 0 Å². The number of benzene rings is 2. The Kier molecular flexibility index (Phi) is 7.15. The second-order valence-electron chi connectivity index (χ2n) is 5.15. The maximum Gasteiger partial charge on any atom is 0.223 e. The van der Waals surface area contributed by atoms with E-state index in [1.165, 1.54) is 0 Å². The van der Waals surface area contributed by atoms with Crippen LogP contribution in [0.25, 0.3) is 10.8 Å². The zero-order valence-corrected chi connectivity index (χ0v) is 14.1. The molecule has 0 bridgehead atoms. The van der Waals surface area contributed by atoms with Crippen molar-refractivity contribution in [3.05, 3.63) is 42.0 Å². The van der Waals surface area contributed by atoms with Crippen LogP contribution in [0.2, 0.25) is 0 Å². The van der Waals surface area contributed by atoms with Crippen LogP contribution in [0, 0.1) is 0 Å². The van der Waals surface area contributed by atoms with Gasteiger partial charge in [0.2, 0.25) is 5.91 Å². The third kappa shape index (κ3) is 4.61. The number of carbonyl (C=O) groups excluding carboxylic acids is 1. The SMILES string of the molecule is CNCCC(=O)N(C)Cc1ccc2cc(OC)ccc2c1.Cl. The van der Waals surface area contributed by atoms with Gasteiger partial charge in [-0.15, -0.1) is 12.4 Å². The summed E-state index contributed by atoms with van der Waals surface area (Å²) in [4.78, 5) is 13.7. The van der Waals surface area contributed by atoms with Crippen molar-refractivity contribution in [1.29, 1.82) is 0 Å². The molecule has 0 heterocycles. The van der Waals surface area contributed by atoms with Gasteiger partial charge >= 0.3 is 0 Å². The van der Waals surface area contributed by atoms with Gasteiger partial charge in [0.1, 0.15) is 5.75 Å². The molecule has 2 aromatic rings. The molecule has 1 N–H and O–H groups in total. The van der Waals surface area contributed by atoms with Crippen molar-refractivity contribution in [3.8, 4) is 5.75 Å². The molecule has 0 aliphatic rings. The van der Waals surface area contributed by atoms with Crippen LogP contribution in [0.4, 0.5) is 0 Å². The summed E-state index contributed by atoms with van der Waals surface area (Å²) in [6.45, 7) is 1.34. The van der Waals surface area contributed by atoms with E-state index in [9.17, 15) is 4.79 Å². The first-order valence-corrected chi connectivity index (χ1v) is 7.09. The highest BCUT2D eigenvalue weighted by atomic mass is 35.5. The van der Waals surface area contributed by atoms with Gasteiger partial charge in [0.25, 0.3) is 0 Å². The molecule has 5 heteroatoms. The van der Waals surface area contributed by atoms with Crippen LogP contribution >= 0.6 is 12.4 Å². The number of carbonyl (C=O) groups is 1. The number of nitrogens with one attached hydrogen (secondary N) is 1. The molecule has 2 aromatic carbocycles. The highest BCUT2D eigenvalue weighted by molar-refractivity contribution is 5.85. The summed E-state index contributed by atoms with van der Waals surface area (Å²) in [6.07, 6.45) is 0.526. The zero-order valence-electron chi connectivity index (χ0n) is 13.3. The summed E-state index contributed by atoms with van der Waals surface area (Å²) >= 11 is 0. The van der Waals surface area contributed by atoms with Crippen molar-refractivity contribution in [2.24, 2.45) is 0 Å². The van der Waals surface area contributed by atoms with Crippen molar-refractivity contribution in [3.63, 3.8) is 0 Å². The van der Waals surface area contributed by atoms with Crippen molar-refractivity contribution in [1.82, 2.24) is 10.2 Å². The van der Waals surface area contributed by atoms with Crippen LogP contribution in [0.5, 0.6) is 5.75 Å². The lowest BCUT2D eigenvalue weighted by atomic mass is 10.1. The number of methoxy groups -OCH3 is 1. The maximum atomic E-state index is 11.9. The van der Waals surface area contributed by atoms with E-state index >= 15 is 0 Å². The average Bonchev–Trinajstić information content (AvgIpc) is 2.51. The van der Waals surface area contributed by atoms with E-state index in [4.69, 9.17) is 4.74 Å². The van der Waals surface area contributed by atoms with Crippen LogP contribution in [0.1, 0.15) is 12.0 Å². The van der Waals surface area contributed by atoms with Gasteiger partial charge in [-0.2, -0.15) is 0 Å². The first-order valence-electron chi connectivity index (χ1n) is 7.09. The third-order valence-electron chi connectivity index (χ3n) is 3.55. The summed E-state index contributed by atoms with van der Waals surface area (Å²) in [6, 6.07) is 12.3. The standard InChI is InChI=1S/C17H22N2O2.ClH/c1-18-9-8-17(20)19(2)12-13-4-5-15-11-16(21-3)7-6-14(15)10-13;/h4-7,10-11,18H,8-9,12H2,1-3H3;1H. The van der Waals surface area contributed by atoms with Gasteiger partial charge in [-0.1, -0.05) is 18.2 Å². The number of hydrogen-bond acceptors (Lipinski definition) is 3. The van der Waals surface area contributed by atoms with Gasteiger partial charge in [-0.3, -0.25) is 4.79 Å². The highest BCUT2D eigenvalue weighted by Gasteiger charge is 2.09. The minimum atomic E-state index is 0. The summed E-state index contributed by atoms with van der Waals surface area (Å²) in [5.74, 6) is 1.01. The molecule has 2 rings (SSSR count). The summed E-state index contributed by atoms with van der Waals surface area (Å²) in [5.41, 5.74) is 1.13. The number of fused-ring (bicyclic) bond motifs is 1. The molecule has 0 aliphatic carbocycles. The van der Waals surface area contributed by atoms with Gasteiger partial charge < -0.3 is 15.0 Å². The Labute approximate surface area is 137 Å². The number of ether oxygens (including phenoxy) is 1. The Morgan fingerprint density at radius 1 is 1.18 bits per heavy atom. The summed E-state index contributed by atoms with van der Waals surface area (Å²) < 4.78 is 5.23. The largest absolute Gasteiger partial charge is 0.497 e. The van der Waals surface area contributed by atoms with E-state index in [1.807, 2.05) is 32.3 Å². The van der Waals surface area contributed by atoms with E-state index in [2.05, 4.69) is 23.5 Å². The Hall–Kier alpha value is -1.78. The van der Waals surface area contributed by atoms with Gasteiger partial charge in [0, 0.05) is 26.6 Å². The second-order valence-corrected chi connectivity index (χ2v) is 5.15. The lowest BCUT2D eigenvalue weighted by Crippen LogP contribution is -2.28. The smallest absolute Gasteiger partial charge is 0.223 e. The fraction of sp³-hybridized carbons (Fsp3) is 0.353. The molecule has 0 spiro atoms. The van der Waals surface area contributed by atoms with E-state index in [-0.39, 0.29) is 18.3 Å². The molecule has 0 saturated carbocycles. The molecule has 0 saturated heterocycles. The van der Waals surface area contributed by atoms with E-state index in [0.717, 1.165) is 22.1 Å². The normalized spacial score (nSPS) is 10.1. The summed E-state index contributed by atoms with van der Waals surface area (Å²) in [7, 11) is 5.36. The predicted molar refractivity (Wildman–Crippen MR) is 92.8 cm³/mol. The molecule has 120 valence electrons. The van der Waals surface area contributed by atoms with Gasteiger partial charge in [-0.25, -0.2) is 0 Å². The van der Waals surface area contributed by atoms with Crippen molar-refractivity contribution in [2.75, 3.05) is 27.7 Å². The van der Waals surface area contributed by atoms with Crippen molar-refractivity contribution < 1.29 is 9.53 Å². The monoisotopic (exact) mass is 322 g/mol. The van der Waals surface area contributed by atoms with Crippen LogP contribution in [-0.4, -0.2) is 38.6 Å². The fourth-order valence-electron chi connectivity index (χ4n) is 2.28. The topological polar surface area (TPSA) is 41.6 Å². The second kappa shape index (κ2) is 8.61. The number of amides is 1. The van der Waals surface area contributed by atoms with Crippen LogP contribution in [0.15, 0.2) is 36.4 Å². The average molecular weight is 323 g/mol. The zero-order chi connectivity index (χ0) is 15.2. The quantitative estimate of drug-likeness (QED) is 0.889. The Bertz CT molecular complexity index is 631. The summed E-state index contributed by atoms with van der Waals surface area (Å²) in [5, 5.41) is 5.29. The Morgan fingerprint density at radius 2 is 1.86 bits per heavy atom. The molecule has 4 nitrogen and oxygen atoms in total. The van der Waals surface area contributed by atoms with Crippen LogP contribution in [-0.2, 0) is 11.3 Å². The fourth-order valence-corrected chi connectivity index (χ4v) is 2.28. The van der Waals surface area contributed by atoms with Gasteiger partial charge in [0.05, 0.1) is 7.11 Å². The predicted octanol–water partition coefficient (Wildman–Crippen LogP) is 2.84. The maximum absolute atomic E-state index is 11.9. The molecule has 0 aliphatic heterocycles. The minimum absolute atomic E-state index is 0. The number of hydrogen-bond donors (Lipinski definition) is 1. The van der Waals surface area contributed by atoms with E-state index in [1.54, 1.807) is 12.0 Å². The molecule has 1 amide bonds. The molecule has 0 fully saturated rings. The van der Waals surface area contributed by atoms with Crippen molar-refractivity contribution in [2.45, 2.75) is 13.0 Å². The molecular formula is C17H23ClN2O2. The van der Waals surface area contributed by atoms with Crippen molar-refractivity contribution >= 4 is 29.1 Å². The Morgan fingerprint density at radius 3 is 2.55 bits per heavy atom. The lowest BCUT2D eigenvalue weighted by Gasteiger charge is -2.17. The third-order valence-corrected chi connectivity index (χ3v) is 3.55. The minimum Gasteiger partial charge on any atom is -0.497 e. The van der Waals surface area contributed by atoms with E-state index < -0.39 is 0 Å². The Balaban J connectivity index is 0.00000242. The number of nitrogens with zero attached hydrogens (tertiary/aromatic N) is 1. The van der Waals surface area contributed by atoms with Gasteiger partial charge in [-0.05, 0) is 41.6 Å².